The summed E-state index contributed by atoms with van der Waals surface area (Å²) in [5, 5.41) is 10.6. The number of hydrogen-bond acceptors (Lipinski definition) is 15. The Kier molecular flexibility index (Phi) is 62.2. The summed E-state index contributed by atoms with van der Waals surface area (Å²) >= 11 is 0. The van der Waals surface area contributed by atoms with Crippen molar-refractivity contribution in [1.82, 2.24) is 0 Å². The highest BCUT2D eigenvalue weighted by Gasteiger charge is 2.30. The van der Waals surface area contributed by atoms with Crippen molar-refractivity contribution in [1.29, 1.82) is 0 Å². The molecule has 552 valence electrons. The largest absolute Gasteiger partial charge is 0.472 e. The number of aliphatic hydroxyl groups excluding tert-OH is 1. The molecule has 0 saturated heterocycles. The van der Waals surface area contributed by atoms with Gasteiger partial charge in [0.15, 0.2) is 12.2 Å². The van der Waals surface area contributed by atoms with Gasteiger partial charge in [-0.05, 0) is 49.4 Å². The van der Waals surface area contributed by atoms with Crippen LogP contribution in [0.3, 0.4) is 0 Å². The highest BCUT2D eigenvalue weighted by molar-refractivity contribution is 7.47. The van der Waals surface area contributed by atoms with Crippen molar-refractivity contribution in [2.45, 2.75) is 388 Å². The van der Waals surface area contributed by atoms with Crippen LogP contribution in [0.4, 0.5) is 0 Å². The van der Waals surface area contributed by atoms with Crippen molar-refractivity contribution in [2.24, 2.45) is 23.7 Å². The summed E-state index contributed by atoms with van der Waals surface area (Å²) in [6.45, 7) is 14.1. The van der Waals surface area contributed by atoms with E-state index in [0.717, 1.165) is 114 Å². The molecule has 0 aliphatic rings. The molecule has 0 saturated carbocycles. The van der Waals surface area contributed by atoms with Crippen molar-refractivity contribution < 1.29 is 80.2 Å². The van der Waals surface area contributed by atoms with E-state index in [1.54, 1.807) is 0 Å². The Morgan fingerprint density at radius 1 is 0.301 bits per heavy atom. The van der Waals surface area contributed by atoms with Crippen LogP contribution in [0.15, 0.2) is 0 Å². The van der Waals surface area contributed by atoms with E-state index in [1.165, 1.54) is 167 Å². The third-order valence-corrected chi connectivity index (χ3v) is 19.3. The zero-order valence-electron chi connectivity index (χ0n) is 60.9. The van der Waals surface area contributed by atoms with Crippen molar-refractivity contribution >= 4 is 39.5 Å². The fourth-order valence-corrected chi connectivity index (χ4v) is 12.7. The third-order valence-electron chi connectivity index (χ3n) is 17.4. The summed E-state index contributed by atoms with van der Waals surface area (Å²) in [6, 6.07) is 0. The van der Waals surface area contributed by atoms with Gasteiger partial charge >= 0.3 is 39.5 Å². The monoisotopic (exact) mass is 1370 g/mol. The first-order valence-electron chi connectivity index (χ1n) is 38.2. The predicted octanol–water partition coefficient (Wildman–Crippen LogP) is 21.3. The fourth-order valence-electron chi connectivity index (χ4n) is 11.2. The molecule has 0 amide bonds. The van der Waals surface area contributed by atoms with Crippen LogP contribution in [0, 0.1) is 23.7 Å². The number of ether oxygens (including phenoxy) is 4. The fraction of sp³-hybridized carbons (Fsp3) is 0.946. The van der Waals surface area contributed by atoms with E-state index < -0.39 is 97.5 Å². The standard InChI is InChI=1S/C74H144O17P2/c1-9-67(8)53-45-37-28-21-17-12-10-11-13-19-23-30-40-48-56-73(78)90-69(60-84-71(76)54-46-38-29-22-18-15-14-16-20-26-34-42-50-64(2)3)62-88-92(80,81)86-58-68(75)59-87-93(82,83)89-63-70(61-85-72(77)55-47-39-33-32-36-44-52-66(6)7)91-74(79)57-49-41-31-25-24-27-35-43-51-65(4)5/h64-70,75H,9-63H2,1-8H3,(H,80,81)(H,82,83)/t67?,68-,69-,70-/m1/s1. The van der Waals surface area contributed by atoms with Crippen LogP contribution in [-0.4, -0.2) is 96.7 Å². The normalized spacial score (nSPS) is 14.5. The van der Waals surface area contributed by atoms with Gasteiger partial charge in [-0.3, -0.25) is 37.3 Å². The average molecular weight is 1370 g/mol. The summed E-state index contributed by atoms with van der Waals surface area (Å²) in [4.78, 5) is 72.7. The predicted molar refractivity (Wildman–Crippen MR) is 377 cm³/mol. The molecule has 17 nitrogen and oxygen atoms in total. The van der Waals surface area contributed by atoms with Gasteiger partial charge in [-0.2, -0.15) is 0 Å². The average Bonchev–Trinajstić information content (AvgIpc) is 3.30. The van der Waals surface area contributed by atoms with Crippen LogP contribution in [0.2, 0.25) is 0 Å². The second-order valence-electron chi connectivity index (χ2n) is 28.4. The van der Waals surface area contributed by atoms with E-state index >= 15 is 0 Å². The molecule has 93 heavy (non-hydrogen) atoms. The minimum atomic E-state index is -4.96. The van der Waals surface area contributed by atoms with Gasteiger partial charge in [0.2, 0.25) is 0 Å². The van der Waals surface area contributed by atoms with E-state index in [4.69, 9.17) is 37.0 Å². The first-order valence-corrected chi connectivity index (χ1v) is 41.2. The number of carbonyl (C=O) groups excluding carboxylic acids is 4. The molecular formula is C74H144O17P2. The van der Waals surface area contributed by atoms with Crippen LogP contribution in [-0.2, 0) is 65.4 Å². The quantitative estimate of drug-likeness (QED) is 0.0222. The van der Waals surface area contributed by atoms with Gasteiger partial charge < -0.3 is 33.8 Å². The summed E-state index contributed by atoms with van der Waals surface area (Å²) in [6.07, 6.45) is 47.3. The molecule has 6 atom stereocenters. The molecule has 0 aromatic carbocycles. The van der Waals surface area contributed by atoms with Gasteiger partial charge in [-0.25, -0.2) is 9.13 Å². The van der Waals surface area contributed by atoms with Crippen LogP contribution >= 0.6 is 15.6 Å². The lowest BCUT2D eigenvalue weighted by Crippen LogP contribution is -2.30. The number of phosphoric acid groups is 2. The topological polar surface area (TPSA) is 237 Å². The van der Waals surface area contributed by atoms with Crippen LogP contribution in [0.1, 0.15) is 370 Å². The Morgan fingerprint density at radius 3 is 0.763 bits per heavy atom. The Bertz CT molecular complexity index is 1840. The Balaban J connectivity index is 5.24. The first kappa shape index (κ1) is 91.1. The van der Waals surface area contributed by atoms with Crippen LogP contribution in [0.25, 0.3) is 0 Å². The number of hydrogen-bond donors (Lipinski definition) is 3. The number of esters is 4. The lowest BCUT2D eigenvalue weighted by Gasteiger charge is -2.21. The van der Waals surface area contributed by atoms with Crippen LogP contribution < -0.4 is 0 Å². The maximum atomic E-state index is 13.1. The molecule has 0 radical (unpaired) electrons. The van der Waals surface area contributed by atoms with Crippen molar-refractivity contribution in [3.8, 4) is 0 Å². The van der Waals surface area contributed by atoms with E-state index in [1.807, 2.05) is 0 Å². The lowest BCUT2D eigenvalue weighted by atomic mass is 9.99. The minimum absolute atomic E-state index is 0.103. The first-order chi connectivity index (χ1) is 44.6. The number of phosphoric ester groups is 2. The van der Waals surface area contributed by atoms with Gasteiger partial charge in [0.1, 0.15) is 19.3 Å². The van der Waals surface area contributed by atoms with E-state index in [-0.39, 0.29) is 25.7 Å². The second kappa shape index (κ2) is 63.5. The summed E-state index contributed by atoms with van der Waals surface area (Å²) < 4.78 is 68.4. The molecule has 0 aromatic heterocycles. The maximum absolute atomic E-state index is 13.1. The third kappa shape index (κ3) is 67.0. The molecule has 0 heterocycles. The second-order valence-corrected chi connectivity index (χ2v) is 31.3. The number of unbranched alkanes of at least 4 members (excludes halogenated alkanes) is 36. The number of rotatable bonds is 71. The van der Waals surface area contributed by atoms with Crippen molar-refractivity contribution in [2.75, 3.05) is 39.6 Å². The molecule has 0 aliphatic heterocycles. The molecule has 0 aliphatic carbocycles. The molecule has 19 heteroatoms. The van der Waals surface area contributed by atoms with Gasteiger partial charge in [0.25, 0.3) is 0 Å². The van der Waals surface area contributed by atoms with E-state index in [2.05, 4.69) is 55.4 Å². The minimum Gasteiger partial charge on any atom is -0.462 e. The molecule has 0 bridgehead atoms. The number of carbonyl (C=O) groups is 4. The molecule has 0 aromatic rings. The Labute approximate surface area is 568 Å². The highest BCUT2D eigenvalue weighted by atomic mass is 31.2. The zero-order valence-corrected chi connectivity index (χ0v) is 62.7. The lowest BCUT2D eigenvalue weighted by molar-refractivity contribution is -0.161. The van der Waals surface area contributed by atoms with Gasteiger partial charge in [0.05, 0.1) is 26.4 Å². The van der Waals surface area contributed by atoms with Gasteiger partial charge in [-0.1, -0.05) is 319 Å². The number of aliphatic hydroxyl groups is 1. The van der Waals surface area contributed by atoms with Gasteiger partial charge in [-0.15, -0.1) is 0 Å². The van der Waals surface area contributed by atoms with Gasteiger partial charge in [0, 0.05) is 25.7 Å². The smallest absolute Gasteiger partial charge is 0.462 e. The molecule has 3 N–H and O–H groups in total. The SMILES string of the molecule is CCC(C)CCCCCCCCCCCCCCCCC(=O)O[C@H](COC(=O)CCCCCCCCCCCCCCC(C)C)COP(=O)(O)OC[C@@H](O)COP(=O)(O)OC[C@@H](COC(=O)CCCCCCCCC(C)C)OC(=O)CCCCCCCCCCC(C)C. The molecular weight excluding hydrogens is 1220 g/mol. The molecule has 0 rings (SSSR count). The van der Waals surface area contributed by atoms with E-state index in [0.29, 0.717) is 31.6 Å². The molecule has 0 fully saturated rings. The van der Waals surface area contributed by atoms with Crippen LogP contribution in [0.5, 0.6) is 0 Å². The van der Waals surface area contributed by atoms with Crippen molar-refractivity contribution in [3.63, 3.8) is 0 Å². The molecule has 3 unspecified atom stereocenters. The highest BCUT2D eigenvalue weighted by Crippen LogP contribution is 2.45. The summed E-state index contributed by atoms with van der Waals surface area (Å²) in [5.74, 6) is 0.899. The Morgan fingerprint density at radius 2 is 0.516 bits per heavy atom. The maximum Gasteiger partial charge on any atom is 0.472 e. The Hall–Kier alpha value is -1.94. The zero-order chi connectivity index (χ0) is 68.9. The molecule has 0 spiro atoms. The van der Waals surface area contributed by atoms with E-state index in [9.17, 15) is 43.2 Å². The summed E-state index contributed by atoms with van der Waals surface area (Å²) in [7, 11) is -9.91. The summed E-state index contributed by atoms with van der Waals surface area (Å²) in [5.41, 5.74) is 0. The van der Waals surface area contributed by atoms with Crippen molar-refractivity contribution in [3.05, 3.63) is 0 Å².